The highest BCUT2D eigenvalue weighted by Gasteiger charge is 2.28. The molecule has 0 unspecified atom stereocenters. The summed E-state index contributed by atoms with van der Waals surface area (Å²) in [5, 5.41) is 18.2. The number of nitro groups is 1. The van der Waals surface area contributed by atoms with Crippen molar-refractivity contribution in [1.29, 1.82) is 0 Å². The Morgan fingerprint density at radius 3 is 2.43 bits per heavy atom. The van der Waals surface area contributed by atoms with Gasteiger partial charge in [0.25, 0.3) is 0 Å². The molecule has 0 aliphatic heterocycles. The molecule has 0 bridgehead atoms. The molecule has 1 aromatic rings. The van der Waals surface area contributed by atoms with Gasteiger partial charge in [-0.1, -0.05) is 0 Å². The summed E-state index contributed by atoms with van der Waals surface area (Å²) in [6.07, 6.45) is 1.07. The van der Waals surface area contributed by atoms with E-state index in [0.717, 1.165) is 6.26 Å². The zero-order valence-corrected chi connectivity index (χ0v) is 13.6. The number of hydrogen-bond donors (Lipinski definition) is 2. The van der Waals surface area contributed by atoms with Gasteiger partial charge in [0.2, 0.25) is 15.8 Å². The summed E-state index contributed by atoms with van der Waals surface area (Å²) in [5.74, 6) is 0.281. The maximum Gasteiger partial charge on any atom is 0.333 e. The van der Waals surface area contributed by atoms with Crippen LogP contribution in [0.5, 0.6) is 0 Å². The van der Waals surface area contributed by atoms with Crippen LogP contribution in [0.25, 0.3) is 0 Å². The summed E-state index contributed by atoms with van der Waals surface area (Å²) < 4.78 is 26.6. The van der Waals surface area contributed by atoms with Gasteiger partial charge in [0.1, 0.15) is 5.69 Å². The molecule has 9 nitrogen and oxygen atoms in total. The smallest absolute Gasteiger partial charge is 0.333 e. The SMILES string of the molecule is CCn1nc(C)c([N+](=O)[O-])c1NCC(C)(C)NS(C)(=O)=O. The van der Waals surface area contributed by atoms with Crippen LogP contribution in [0.2, 0.25) is 0 Å². The molecule has 0 aliphatic rings. The van der Waals surface area contributed by atoms with Gasteiger partial charge in [-0.2, -0.15) is 5.10 Å². The average Bonchev–Trinajstić information content (AvgIpc) is 2.59. The van der Waals surface area contributed by atoms with Crippen LogP contribution in [-0.4, -0.2) is 41.5 Å². The fourth-order valence-electron chi connectivity index (χ4n) is 2.04. The monoisotopic (exact) mass is 319 g/mol. The fraction of sp³-hybridized carbons (Fsp3) is 0.727. The molecule has 0 aromatic carbocycles. The number of hydrogen-bond acceptors (Lipinski definition) is 6. The van der Waals surface area contributed by atoms with Crippen LogP contribution in [0, 0.1) is 17.0 Å². The minimum absolute atomic E-state index is 0.0907. The van der Waals surface area contributed by atoms with Crippen molar-refractivity contribution >= 4 is 21.5 Å². The van der Waals surface area contributed by atoms with Crippen LogP contribution in [0.3, 0.4) is 0 Å². The maximum atomic E-state index is 11.3. The highest BCUT2D eigenvalue weighted by atomic mass is 32.2. The number of anilines is 1. The van der Waals surface area contributed by atoms with Crippen LogP contribution in [-0.2, 0) is 16.6 Å². The zero-order chi connectivity index (χ0) is 16.4. The van der Waals surface area contributed by atoms with E-state index in [2.05, 4.69) is 15.1 Å². The summed E-state index contributed by atoms with van der Waals surface area (Å²) in [5.41, 5.74) is -0.566. The third kappa shape index (κ3) is 4.67. The van der Waals surface area contributed by atoms with Crippen molar-refractivity contribution in [1.82, 2.24) is 14.5 Å². The molecule has 21 heavy (non-hydrogen) atoms. The lowest BCUT2D eigenvalue weighted by atomic mass is 10.1. The van der Waals surface area contributed by atoms with Gasteiger partial charge in [0.05, 0.1) is 11.2 Å². The molecule has 0 atom stereocenters. The first-order valence-corrected chi connectivity index (χ1v) is 8.30. The number of aromatic nitrogens is 2. The number of nitrogens with one attached hydrogen (secondary N) is 2. The molecule has 10 heteroatoms. The summed E-state index contributed by atoms with van der Waals surface area (Å²) in [6.45, 7) is 7.42. The molecule has 1 rings (SSSR count). The first-order valence-electron chi connectivity index (χ1n) is 6.41. The molecule has 0 amide bonds. The van der Waals surface area contributed by atoms with Crippen molar-refractivity contribution in [2.75, 3.05) is 18.1 Å². The predicted molar refractivity (Wildman–Crippen MR) is 79.8 cm³/mol. The van der Waals surface area contributed by atoms with E-state index in [1.807, 2.05) is 6.92 Å². The van der Waals surface area contributed by atoms with Crippen LogP contribution < -0.4 is 10.0 Å². The van der Waals surface area contributed by atoms with Gasteiger partial charge in [0, 0.05) is 18.6 Å². The molecule has 0 fully saturated rings. The summed E-state index contributed by atoms with van der Waals surface area (Å²) in [6, 6.07) is 0. The molecule has 0 saturated carbocycles. The van der Waals surface area contributed by atoms with E-state index >= 15 is 0 Å². The summed E-state index contributed by atoms with van der Waals surface area (Å²) in [4.78, 5) is 10.6. The fourth-order valence-corrected chi connectivity index (χ4v) is 3.11. The molecule has 0 aliphatic carbocycles. The van der Waals surface area contributed by atoms with E-state index in [1.54, 1.807) is 20.8 Å². The second kappa shape index (κ2) is 5.98. The van der Waals surface area contributed by atoms with Crippen molar-refractivity contribution in [2.45, 2.75) is 39.8 Å². The second-order valence-corrected chi connectivity index (χ2v) is 7.22. The minimum Gasteiger partial charge on any atom is -0.363 e. The Balaban J connectivity index is 3.00. The molecule has 0 saturated heterocycles. The van der Waals surface area contributed by atoms with E-state index in [-0.39, 0.29) is 18.1 Å². The van der Waals surface area contributed by atoms with Gasteiger partial charge in [-0.05, 0) is 27.7 Å². The lowest BCUT2D eigenvalue weighted by Crippen LogP contribution is -2.48. The van der Waals surface area contributed by atoms with Gasteiger partial charge in [0.15, 0.2) is 0 Å². The molecule has 0 spiro atoms. The molecule has 1 aromatic heterocycles. The summed E-state index contributed by atoms with van der Waals surface area (Å²) in [7, 11) is -3.37. The van der Waals surface area contributed by atoms with Crippen LogP contribution in [0.4, 0.5) is 11.5 Å². The Labute approximate surface area is 123 Å². The molecule has 1 heterocycles. The molecule has 120 valence electrons. The van der Waals surface area contributed by atoms with Crippen LogP contribution in [0.15, 0.2) is 0 Å². The van der Waals surface area contributed by atoms with E-state index < -0.39 is 20.5 Å². The molecular formula is C11H21N5O4S. The first kappa shape index (κ1) is 17.4. The minimum atomic E-state index is -3.37. The van der Waals surface area contributed by atoms with E-state index in [9.17, 15) is 18.5 Å². The molecular weight excluding hydrogens is 298 g/mol. The highest BCUT2D eigenvalue weighted by Crippen LogP contribution is 2.28. The van der Waals surface area contributed by atoms with Crippen molar-refractivity contribution in [3.05, 3.63) is 15.8 Å². The van der Waals surface area contributed by atoms with Crippen molar-refractivity contribution in [3.63, 3.8) is 0 Å². The highest BCUT2D eigenvalue weighted by molar-refractivity contribution is 7.88. The Kier molecular flexibility index (Phi) is 4.95. The van der Waals surface area contributed by atoms with Gasteiger partial charge in [-0.15, -0.1) is 0 Å². The lowest BCUT2D eigenvalue weighted by molar-refractivity contribution is -0.384. The van der Waals surface area contributed by atoms with E-state index in [4.69, 9.17) is 0 Å². The molecule has 0 radical (unpaired) electrons. The van der Waals surface area contributed by atoms with Crippen molar-refractivity contribution < 1.29 is 13.3 Å². The normalized spacial score (nSPS) is 12.4. The van der Waals surface area contributed by atoms with Gasteiger partial charge in [-0.25, -0.2) is 17.8 Å². The van der Waals surface area contributed by atoms with Gasteiger partial charge < -0.3 is 5.32 Å². The zero-order valence-electron chi connectivity index (χ0n) is 12.8. The number of nitrogens with zero attached hydrogens (tertiary/aromatic N) is 3. The quantitative estimate of drug-likeness (QED) is 0.568. The van der Waals surface area contributed by atoms with Gasteiger partial charge in [-0.3, -0.25) is 10.1 Å². The van der Waals surface area contributed by atoms with E-state index in [0.29, 0.717) is 12.2 Å². The number of rotatable bonds is 7. The average molecular weight is 319 g/mol. The van der Waals surface area contributed by atoms with Crippen molar-refractivity contribution in [3.8, 4) is 0 Å². The van der Waals surface area contributed by atoms with Crippen LogP contribution >= 0.6 is 0 Å². The first-order chi connectivity index (χ1) is 9.47. The standard InChI is InChI=1S/C11H21N5O4S/c1-6-15-10(9(16(17)18)8(2)13-15)12-7-11(3,4)14-21(5,19)20/h12,14H,6-7H2,1-5H3. The Hall–Kier alpha value is -1.68. The number of sulfonamides is 1. The van der Waals surface area contributed by atoms with Crippen molar-refractivity contribution in [2.24, 2.45) is 0 Å². The predicted octanol–water partition coefficient (Wildman–Crippen LogP) is 0.859. The number of aryl methyl sites for hydroxylation is 2. The molecule has 2 N–H and O–H groups in total. The Morgan fingerprint density at radius 2 is 2.00 bits per heavy atom. The Bertz CT molecular complexity index is 635. The third-order valence-electron chi connectivity index (χ3n) is 2.74. The van der Waals surface area contributed by atoms with Crippen LogP contribution in [0.1, 0.15) is 26.5 Å². The van der Waals surface area contributed by atoms with E-state index in [1.165, 1.54) is 4.68 Å². The lowest BCUT2D eigenvalue weighted by Gasteiger charge is -2.25. The Morgan fingerprint density at radius 1 is 1.43 bits per heavy atom. The second-order valence-electron chi connectivity index (χ2n) is 5.47. The largest absolute Gasteiger partial charge is 0.363 e. The summed E-state index contributed by atoms with van der Waals surface area (Å²) >= 11 is 0. The topological polar surface area (TPSA) is 119 Å². The van der Waals surface area contributed by atoms with Gasteiger partial charge >= 0.3 is 5.69 Å². The third-order valence-corrected chi connectivity index (χ3v) is 3.66. The maximum absolute atomic E-state index is 11.3.